The minimum atomic E-state index is 0.103. The van der Waals surface area contributed by atoms with Gasteiger partial charge in [0.1, 0.15) is 11.6 Å². The average molecular weight is 295 g/mol. The molecule has 1 saturated carbocycles. The molecule has 1 aliphatic rings. The summed E-state index contributed by atoms with van der Waals surface area (Å²) in [5.41, 5.74) is 0. The van der Waals surface area contributed by atoms with Crippen LogP contribution in [0.3, 0.4) is 0 Å². The first-order chi connectivity index (χ1) is 9.71. The van der Waals surface area contributed by atoms with Crippen LogP contribution in [0.5, 0.6) is 0 Å². The summed E-state index contributed by atoms with van der Waals surface area (Å²) in [6.07, 6.45) is 4.64. The summed E-state index contributed by atoms with van der Waals surface area (Å²) in [5, 5.41) is 10.0. The molecule has 0 radical (unpaired) electrons. The zero-order valence-corrected chi connectivity index (χ0v) is 12.7. The third-order valence-electron chi connectivity index (χ3n) is 2.85. The topological polar surface area (TPSA) is 78.9 Å². The minimum absolute atomic E-state index is 0.103. The molecule has 7 heteroatoms. The zero-order chi connectivity index (χ0) is 14.4. The second-order valence-electron chi connectivity index (χ2n) is 4.67. The average Bonchev–Trinajstić information content (AvgIpc) is 3.22. The van der Waals surface area contributed by atoms with E-state index in [1.165, 1.54) is 11.8 Å². The fourth-order valence-electron chi connectivity index (χ4n) is 1.71. The highest BCUT2D eigenvalue weighted by atomic mass is 32.2. The van der Waals surface area contributed by atoms with Crippen LogP contribution in [-0.2, 0) is 4.79 Å². The number of rotatable bonds is 8. The van der Waals surface area contributed by atoms with Crippen LogP contribution in [0, 0.1) is 0 Å². The third-order valence-corrected chi connectivity index (χ3v) is 3.39. The van der Waals surface area contributed by atoms with Gasteiger partial charge in [0.05, 0.1) is 0 Å². The standard InChI is InChI=1S/C13H21N5OS/c1-3-14-10-8-11(18-13(17-10)20-2)15-7-6-12(19)16-9-4-5-9/h8-9H,3-7H2,1-2H3,(H,16,19)(H2,14,15,17,18). The molecule has 0 atom stereocenters. The molecular weight excluding hydrogens is 274 g/mol. The number of carbonyl (C=O) groups excluding carboxylic acids is 1. The van der Waals surface area contributed by atoms with Crippen LogP contribution in [0.1, 0.15) is 26.2 Å². The molecule has 3 N–H and O–H groups in total. The van der Waals surface area contributed by atoms with Crippen LogP contribution in [-0.4, -0.2) is 41.3 Å². The Bertz CT molecular complexity index is 464. The number of nitrogens with zero attached hydrogens (tertiary/aromatic N) is 2. The Balaban J connectivity index is 1.83. The second-order valence-corrected chi connectivity index (χ2v) is 5.45. The van der Waals surface area contributed by atoms with Crippen molar-refractivity contribution in [3.63, 3.8) is 0 Å². The Morgan fingerprint density at radius 1 is 1.35 bits per heavy atom. The molecule has 0 spiro atoms. The first kappa shape index (κ1) is 14.9. The third kappa shape index (κ3) is 4.88. The Labute approximate surface area is 123 Å². The van der Waals surface area contributed by atoms with Gasteiger partial charge in [0, 0.05) is 31.6 Å². The minimum Gasteiger partial charge on any atom is -0.370 e. The van der Waals surface area contributed by atoms with E-state index in [1.807, 2.05) is 19.2 Å². The van der Waals surface area contributed by atoms with Crippen LogP contribution in [0.2, 0.25) is 0 Å². The van der Waals surface area contributed by atoms with E-state index in [1.54, 1.807) is 0 Å². The van der Waals surface area contributed by atoms with E-state index in [0.717, 1.165) is 31.0 Å². The quantitative estimate of drug-likeness (QED) is 0.500. The van der Waals surface area contributed by atoms with Gasteiger partial charge >= 0.3 is 0 Å². The molecule has 0 aromatic carbocycles. The number of carbonyl (C=O) groups is 1. The molecule has 0 unspecified atom stereocenters. The van der Waals surface area contributed by atoms with Gasteiger partial charge in [-0.05, 0) is 26.0 Å². The van der Waals surface area contributed by atoms with Gasteiger partial charge in [-0.15, -0.1) is 0 Å². The summed E-state index contributed by atoms with van der Waals surface area (Å²) < 4.78 is 0. The van der Waals surface area contributed by atoms with E-state index >= 15 is 0 Å². The van der Waals surface area contributed by atoms with Crippen LogP contribution in [0.15, 0.2) is 11.2 Å². The van der Waals surface area contributed by atoms with Crippen molar-refractivity contribution in [1.82, 2.24) is 15.3 Å². The van der Waals surface area contributed by atoms with Crippen molar-refractivity contribution in [2.45, 2.75) is 37.4 Å². The lowest BCUT2D eigenvalue weighted by Crippen LogP contribution is -2.27. The van der Waals surface area contributed by atoms with Crippen molar-refractivity contribution in [3.05, 3.63) is 6.07 Å². The molecule has 1 amide bonds. The lowest BCUT2D eigenvalue weighted by molar-refractivity contribution is -0.120. The highest BCUT2D eigenvalue weighted by Gasteiger charge is 2.22. The SMILES string of the molecule is CCNc1cc(NCCC(=O)NC2CC2)nc(SC)n1. The van der Waals surface area contributed by atoms with Crippen molar-refractivity contribution < 1.29 is 4.79 Å². The summed E-state index contributed by atoms with van der Waals surface area (Å²) >= 11 is 1.50. The number of thioether (sulfide) groups is 1. The molecule has 1 heterocycles. The maximum absolute atomic E-state index is 11.6. The first-order valence-corrected chi connectivity index (χ1v) is 8.14. The number of nitrogens with one attached hydrogen (secondary N) is 3. The number of hydrogen-bond donors (Lipinski definition) is 3. The number of hydrogen-bond acceptors (Lipinski definition) is 6. The second kappa shape index (κ2) is 7.33. The summed E-state index contributed by atoms with van der Waals surface area (Å²) in [4.78, 5) is 20.3. The highest BCUT2D eigenvalue weighted by Crippen LogP contribution is 2.19. The van der Waals surface area contributed by atoms with Crippen LogP contribution in [0.4, 0.5) is 11.6 Å². The maximum atomic E-state index is 11.6. The van der Waals surface area contributed by atoms with Crippen molar-refractivity contribution in [3.8, 4) is 0 Å². The highest BCUT2D eigenvalue weighted by molar-refractivity contribution is 7.98. The predicted octanol–water partition coefficient (Wildman–Crippen LogP) is 1.71. The summed E-state index contributed by atoms with van der Waals surface area (Å²) in [7, 11) is 0. The van der Waals surface area contributed by atoms with E-state index in [0.29, 0.717) is 24.2 Å². The van der Waals surface area contributed by atoms with Gasteiger partial charge in [-0.1, -0.05) is 11.8 Å². The largest absolute Gasteiger partial charge is 0.370 e. The first-order valence-electron chi connectivity index (χ1n) is 6.91. The lowest BCUT2D eigenvalue weighted by atomic mass is 10.4. The molecule has 0 bridgehead atoms. The van der Waals surface area contributed by atoms with Crippen molar-refractivity contribution >= 4 is 29.3 Å². The van der Waals surface area contributed by atoms with Gasteiger partial charge in [-0.2, -0.15) is 0 Å². The van der Waals surface area contributed by atoms with Gasteiger partial charge in [0.2, 0.25) is 5.91 Å². The molecule has 1 aromatic rings. The lowest BCUT2D eigenvalue weighted by Gasteiger charge is -2.09. The molecule has 0 aliphatic heterocycles. The van der Waals surface area contributed by atoms with Crippen molar-refractivity contribution in [2.24, 2.45) is 0 Å². The summed E-state index contributed by atoms with van der Waals surface area (Å²) in [5.74, 6) is 1.65. The van der Waals surface area contributed by atoms with Gasteiger partial charge in [0.25, 0.3) is 0 Å². The Kier molecular flexibility index (Phi) is 5.46. The zero-order valence-electron chi connectivity index (χ0n) is 11.9. The summed E-state index contributed by atoms with van der Waals surface area (Å²) in [6, 6.07) is 2.28. The number of aromatic nitrogens is 2. The molecule has 2 rings (SSSR count). The molecule has 20 heavy (non-hydrogen) atoms. The molecule has 110 valence electrons. The monoisotopic (exact) mass is 295 g/mol. The fraction of sp³-hybridized carbons (Fsp3) is 0.615. The fourth-order valence-corrected chi connectivity index (χ4v) is 2.09. The predicted molar refractivity (Wildman–Crippen MR) is 82.2 cm³/mol. The Morgan fingerprint density at radius 2 is 2.05 bits per heavy atom. The van der Waals surface area contributed by atoms with Crippen molar-refractivity contribution in [2.75, 3.05) is 30.0 Å². The normalized spacial score (nSPS) is 13.9. The van der Waals surface area contributed by atoms with E-state index in [9.17, 15) is 4.79 Å². The van der Waals surface area contributed by atoms with Gasteiger partial charge in [-0.3, -0.25) is 4.79 Å². The van der Waals surface area contributed by atoms with Gasteiger partial charge in [-0.25, -0.2) is 9.97 Å². The van der Waals surface area contributed by atoms with Crippen molar-refractivity contribution in [1.29, 1.82) is 0 Å². The summed E-state index contributed by atoms with van der Waals surface area (Å²) in [6.45, 7) is 3.42. The van der Waals surface area contributed by atoms with Gasteiger partial charge < -0.3 is 16.0 Å². The molecule has 1 fully saturated rings. The van der Waals surface area contributed by atoms with E-state index < -0.39 is 0 Å². The van der Waals surface area contributed by atoms with E-state index in [2.05, 4.69) is 25.9 Å². The molecule has 1 aliphatic carbocycles. The molecule has 0 saturated heterocycles. The smallest absolute Gasteiger partial charge is 0.221 e. The molecule has 1 aromatic heterocycles. The van der Waals surface area contributed by atoms with Crippen LogP contribution in [0.25, 0.3) is 0 Å². The maximum Gasteiger partial charge on any atom is 0.221 e. The van der Waals surface area contributed by atoms with Crippen LogP contribution >= 0.6 is 11.8 Å². The molecular formula is C13H21N5OS. The van der Waals surface area contributed by atoms with E-state index in [-0.39, 0.29) is 5.91 Å². The Morgan fingerprint density at radius 3 is 2.65 bits per heavy atom. The molecule has 6 nitrogen and oxygen atoms in total. The van der Waals surface area contributed by atoms with Gasteiger partial charge in [0.15, 0.2) is 5.16 Å². The van der Waals surface area contributed by atoms with Crippen LogP contribution < -0.4 is 16.0 Å². The number of amides is 1. The Hall–Kier alpha value is -1.50. The van der Waals surface area contributed by atoms with E-state index in [4.69, 9.17) is 0 Å². The number of anilines is 2.